The standard InChI is InChI=1S/C11H17N3O3S/c1-6(2)13-8(15)5-12-11-14-9(7(3)18-11)10(16)17-4/h6H,5H2,1-4H3,(H,12,14)(H,13,15). The Labute approximate surface area is 110 Å². The number of hydrogen-bond acceptors (Lipinski definition) is 6. The molecule has 0 aliphatic rings. The van der Waals surface area contributed by atoms with Crippen LogP contribution in [0.5, 0.6) is 0 Å². The fourth-order valence-electron chi connectivity index (χ4n) is 1.29. The lowest BCUT2D eigenvalue weighted by Crippen LogP contribution is -2.34. The number of aryl methyl sites for hydroxylation is 1. The van der Waals surface area contributed by atoms with Gasteiger partial charge in [0, 0.05) is 10.9 Å². The quantitative estimate of drug-likeness (QED) is 0.786. The Morgan fingerprint density at radius 2 is 2.11 bits per heavy atom. The molecule has 1 rings (SSSR count). The number of amides is 1. The van der Waals surface area contributed by atoms with Gasteiger partial charge in [0.25, 0.3) is 0 Å². The molecular formula is C11H17N3O3S. The van der Waals surface area contributed by atoms with Crippen molar-refractivity contribution in [2.75, 3.05) is 19.0 Å². The lowest BCUT2D eigenvalue weighted by molar-refractivity contribution is -0.119. The fraction of sp³-hybridized carbons (Fsp3) is 0.545. The first-order chi connectivity index (χ1) is 8.43. The van der Waals surface area contributed by atoms with Crippen molar-refractivity contribution in [2.24, 2.45) is 0 Å². The number of nitrogens with one attached hydrogen (secondary N) is 2. The summed E-state index contributed by atoms with van der Waals surface area (Å²) in [4.78, 5) is 27.6. The molecule has 0 fully saturated rings. The van der Waals surface area contributed by atoms with E-state index in [0.717, 1.165) is 4.88 Å². The van der Waals surface area contributed by atoms with Gasteiger partial charge in [0.2, 0.25) is 5.91 Å². The van der Waals surface area contributed by atoms with Crippen molar-refractivity contribution in [1.82, 2.24) is 10.3 Å². The minimum atomic E-state index is -0.469. The molecule has 0 saturated heterocycles. The number of thiazole rings is 1. The largest absolute Gasteiger partial charge is 0.464 e. The molecule has 0 aliphatic heterocycles. The first kappa shape index (κ1) is 14.4. The van der Waals surface area contributed by atoms with Gasteiger partial charge in [0.1, 0.15) is 0 Å². The average molecular weight is 271 g/mol. The smallest absolute Gasteiger partial charge is 0.357 e. The zero-order chi connectivity index (χ0) is 13.7. The third kappa shape index (κ3) is 3.99. The zero-order valence-electron chi connectivity index (χ0n) is 10.9. The van der Waals surface area contributed by atoms with Crippen LogP contribution in [-0.4, -0.2) is 36.6 Å². The molecule has 2 N–H and O–H groups in total. The summed E-state index contributed by atoms with van der Waals surface area (Å²) < 4.78 is 4.61. The Hall–Kier alpha value is -1.63. The fourth-order valence-corrected chi connectivity index (χ4v) is 2.08. The molecule has 0 radical (unpaired) electrons. The van der Waals surface area contributed by atoms with Crippen LogP contribution in [0, 0.1) is 6.92 Å². The number of esters is 1. The Morgan fingerprint density at radius 3 is 2.67 bits per heavy atom. The first-order valence-corrected chi connectivity index (χ1v) is 6.34. The van der Waals surface area contributed by atoms with Crippen LogP contribution in [0.15, 0.2) is 0 Å². The lowest BCUT2D eigenvalue weighted by atomic mass is 10.4. The highest BCUT2D eigenvalue weighted by Gasteiger charge is 2.16. The van der Waals surface area contributed by atoms with Gasteiger partial charge in [0.05, 0.1) is 13.7 Å². The summed E-state index contributed by atoms with van der Waals surface area (Å²) in [6.07, 6.45) is 0. The van der Waals surface area contributed by atoms with Crippen LogP contribution in [0.2, 0.25) is 0 Å². The van der Waals surface area contributed by atoms with Crippen LogP contribution in [0.1, 0.15) is 29.2 Å². The third-order valence-corrected chi connectivity index (χ3v) is 2.95. The molecule has 0 bridgehead atoms. The van der Waals surface area contributed by atoms with Gasteiger partial charge in [-0.2, -0.15) is 0 Å². The third-order valence-electron chi connectivity index (χ3n) is 2.03. The molecule has 0 aromatic carbocycles. The van der Waals surface area contributed by atoms with Crippen molar-refractivity contribution >= 4 is 28.3 Å². The number of nitrogens with zero attached hydrogens (tertiary/aromatic N) is 1. The Balaban J connectivity index is 2.59. The van der Waals surface area contributed by atoms with Gasteiger partial charge in [-0.15, -0.1) is 11.3 Å². The summed E-state index contributed by atoms with van der Waals surface area (Å²) in [6, 6.07) is 0.1000. The molecule has 0 aliphatic carbocycles. The molecule has 1 heterocycles. The topological polar surface area (TPSA) is 80.3 Å². The Bertz CT molecular complexity index is 443. The first-order valence-electron chi connectivity index (χ1n) is 5.53. The second kappa shape index (κ2) is 6.34. The van der Waals surface area contributed by atoms with Crippen molar-refractivity contribution < 1.29 is 14.3 Å². The zero-order valence-corrected chi connectivity index (χ0v) is 11.7. The highest BCUT2D eigenvalue weighted by Crippen LogP contribution is 2.22. The predicted octanol–water partition coefficient (Wildman–Crippen LogP) is 1.17. The number of ether oxygens (including phenoxy) is 1. The number of aromatic nitrogens is 1. The summed E-state index contributed by atoms with van der Waals surface area (Å²) in [5.74, 6) is -0.582. The highest BCUT2D eigenvalue weighted by atomic mass is 32.1. The van der Waals surface area contributed by atoms with Crippen LogP contribution >= 0.6 is 11.3 Å². The second-order valence-electron chi connectivity index (χ2n) is 3.99. The molecule has 6 nitrogen and oxygen atoms in total. The average Bonchev–Trinajstić information content (AvgIpc) is 2.66. The van der Waals surface area contributed by atoms with Crippen molar-refractivity contribution in [1.29, 1.82) is 0 Å². The normalized spacial score (nSPS) is 10.3. The van der Waals surface area contributed by atoms with Gasteiger partial charge in [-0.25, -0.2) is 9.78 Å². The van der Waals surface area contributed by atoms with Gasteiger partial charge >= 0.3 is 5.97 Å². The van der Waals surface area contributed by atoms with E-state index >= 15 is 0 Å². The monoisotopic (exact) mass is 271 g/mol. The number of anilines is 1. The molecule has 7 heteroatoms. The van der Waals surface area contributed by atoms with E-state index in [0.29, 0.717) is 5.13 Å². The second-order valence-corrected chi connectivity index (χ2v) is 5.19. The minimum Gasteiger partial charge on any atom is -0.464 e. The van der Waals surface area contributed by atoms with Gasteiger partial charge in [-0.1, -0.05) is 0 Å². The summed E-state index contributed by atoms with van der Waals surface area (Å²) >= 11 is 1.32. The van der Waals surface area contributed by atoms with Crippen LogP contribution < -0.4 is 10.6 Å². The van der Waals surface area contributed by atoms with Crippen molar-refractivity contribution in [3.8, 4) is 0 Å². The van der Waals surface area contributed by atoms with E-state index in [4.69, 9.17) is 0 Å². The lowest BCUT2D eigenvalue weighted by Gasteiger charge is -2.08. The van der Waals surface area contributed by atoms with E-state index in [1.54, 1.807) is 6.92 Å². The van der Waals surface area contributed by atoms with E-state index in [2.05, 4.69) is 20.4 Å². The Kier molecular flexibility index (Phi) is 5.08. The Morgan fingerprint density at radius 1 is 1.44 bits per heavy atom. The number of rotatable bonds is 5. The predicted molar refractivity (Wildman–Crippen MR) is 70.0 cm³/mol. The number of methoxy groups -OCH3 is 1. The summed E-state index contributed by atoms with van der Waals surface area (Å²) in [5, 5.41) is 6.16. The SMILES string of the molecule is COC(=O)c1nc(NCC(=O)NC(C)C)sc1C. The molecule has 1 aromatic heterocycles. The maximum atomic E-state index is 11.4. The van der Waals surface area contributed by atoms with Gasteiger partial charge < -0.3 is 15.4 Å². The van der Waals surface area contributed by atoms with Gasteiger partial charge in [-0.05, 0) is 20.8 Å². The molecule has 100 valence electrons. The molecular weight excluding hydrogens is 254 g/mol. The summed E-state index contributed by atoms with van der Waals surface area (Å²) in [7, 11) is 1.31. The summed E-state index contributed by atoms with van der Waals surface area (Å²) in [5.41, 5.74) is 0.286. The maximum absolute atomic E-state index is 11.4. The summed E-state index contributed by atoms with van der Waals surface area (Å²) in [6.45, 7) is 5.69. The van der Waals surface area contributed by atoms with E-state index in [-0.39, 0.29) is 24.2 Å². The molecule has 1 aromatic rings. The number of carbonyl (C=O) groups excluding carboxylic acids is 2. The maximum Gasteiger partial charge on any atom is 0.357 e. The van der Waals surface area contributed by atoms with Gasteiger partial charge in [0.15, 0.2) is 10.8 Å². The van der Waals surface area contributed by atoms with Crippen LogP contribution in [0.3, 0.4) is 0 Å². The van der Waals surface area contributed by atoms with E-state index in [1.807, 2.05) is 13.8 Å². The van der Waals surface area contributed by atoms with Crippen LogP contribution in [-0.2, 0) is 9.53 Å². The van der Waals surface area contributed by atoms with E-state index in [9.17, 15) is 9.59 Å². The van der Waals surface area contributed by atoms with Crippen molar-refractivity contribution in [3.05, 3.63) is 10.6 Å². The van der Waals surface area contributed by atoms with E-state index < -0.39 is 5.97 Å². The minimum absolute atomic E-state index is 0.1000. The molecule has 0 atom stereocenters. The van der Waals surface area contributed by atoms with Crippen molar-refractivity contribution in [3.63, 3.8) is 0 Å². The molecule has 18 heavy (non-hydrogen) atoms. The van der Waals surface area contributed by atoms with Gasteiger partial charge in [-0.3, -0.25) is 4.79 Å². The number of carbonyl (C=O) groups is 2. The van der Waals surface area contributed by atoms with Crippen molar-refractivity contribution in [2.45, 2.75) is 26.8 Å². The van der Waals surface area contributed by atoms with Crippen LogP contribution in [0.4, 0.5) is 5.13 Å². The molecule has 0 spiro atoms. The van der Waals surface area contributed by atoms with Crippen LogP contribution in [0.25, 0.3) is 0 Å². The highest BCUT2D eigenvalue weighted by molar-refractivity contribution is 7.15. The molecule has 1 amide bonds. The molecule has 0 saturated carbocycles. The van der Waals surface area contributed by atoms with E-state index in [1.165, 1.54) is 18.4 Å². The number of hydrogen-bond donors (Lipinski definition) is 2. The molecule has 0 unspecified atom stereocenters.